The predicted molar refractivity (Wildman–Crippen MR) is 75.4 cm³/mol. The Morgan fingerprint density at radius 3 is 2.75 bits per heavy atom. The summed E-state index contributed by atoms with van der Waals surface area (Å²) in [7, 11) is 0. The molecule has 1 aliphatic heterocycles. The Hall–Kier alpha value is -2.43. The molecule has 1 aromatic heterocycles. The number of fused-ring (bicyclic) bond motifs is 1. The van der Waals surface area contributed by atoms with Crippen molar-refractivity contribution in [3.05, 3.63) is 47.9 Å². The monoisotopic (exact) mass is 269 g/mol. The summed E-state index contributed by atoms with van der Waals surface area (Å²) in [5, 5.41) is 8.87. The van der Waals surface area contributed by atoms with Gasteiger partial charge < -0.3 is 10.0 Å². The summed E-state index contributed by atoms with van der Waals surface area (Å²) < 4.78 is 0. The Morgan fingerprint density at radius 2 is 2.00 bits per heavy atom. The van der Waals surface area contributed by atoms with Crippen LogP contribution in [0.25, 0.3) is 0 Å². The summed E-state index contributed by atoms with van der Waals surface area (Å²) in [6, 6.07) is 8.26. The topological polar surface area (TPSA) is 66.3 Å². The molecule has 5 heteroatoms. The average Bonchev–Trinajstić information content (AvgIpc) is 2.69. The second-order valence-corrected chi connectivity index (χ2v) is 4.80. The number of benzene rings is 1. The van der Waals surface area contributed by atoms with Crippen molar-refractivity contribution in [2.75, 3.05) is 11.4 Å². The quantitative estimate of drug-likeness (QED) is 0.907. The number of aromatic carboxylic acids is 1. The third-order valence-electron chi connectivity index (χ3n) is 3.49. The Bertz CT molecular complexity index is 625. The zero-order chi connectivity index (χ0) is 13.9. The van der Waals surface area contributed by atoms with E-state index in [9.17, 15) is 4.79 Å². The van der Waals surface area contributed by atoms with E-state index in [2.05, 4.69) is 27.0 Å². The molecule has 0 unspecified atom stereocenters. The second-order valence-electron chi connectivity index (χ2n) is 4.80. The van der Waals surface area contributed by atoms with Gasteiger partial charge in [-0.25, -0.2) is 14.8 Å². The molecule has 0 spiro atoms. The first kappa shape index (κ1) is 12.6. The fraction of sp³-hybridized carbons (Fsp3) is 0.267. The number of hydrogen-bond donors (Lipinski definition) is 1. The van der Waals surface area contributed by atoms with Gasteiger partial charge in [0, 0.05) is 12.2 Å². The maximum Gasteiger partial charge on any atom is 0.356 e. The van der Waals surface area contributed by atoms with Crippen molar-refractivity contribution in [1.82, 2.24) is 9.97 Å². The lowest BCUT2D eigenvalue weighted by Gasteiger charge is -2.23. The van der Waals surface area contributed by atoms with Crippen LogP contribution in [0.3, 0.4) is 0 Å². The van der Waals surface area contributed by atoms with Gasteiger partial charge in [-0.1, -0.05) is 18.2 Å². The molecule has 0 fully saturated rings. The molecular formula is C15H15N3O2. The minimum atomic E-state index is -1.06. The molecule has 0 bridgehead atoms. The van der Waals surface area contributed by atoms with Crippen LogP contribution in [0.5, 0.6) is 0 Å². The molecule has 1 aromatic carbocycles. The van der Waals surface area contributed by atoms with Crippen LogP contribution in [0.2, 0.25) is 0 Å². The van der Waals surface area contributed by atoms with Crippen LogP contribution in [0, 0.1) is 0 Å². The van der Waals surface area contributed by atoms with Crippen molar-refractivity contribution in [3.8, 4) is 0 Å². The van der Waals surface area contributed by atoms with Gasteiger partial charge in [0.05, 0.1) is 12.4 Å². The van der Waals surface area contributed by atoms with Gasteiger partial charge in [0.2, 0.25) is 0 Å². The Labute approximate surface area is 116 Å². The number of nitrogens with zero attached hydrogens (tertiary/aromatic N) is 3. The van der Waals surface area contributed by atoms with Crippen molar-refractivity contribution in [1.29, 1.82) is 0 Å². The molecule has 102 valence electrons. The van der Waals surface area contributed by atoms with E-state index in [-0.39, 0.29) is 5.69 Å². The molecule has 0 atom stereocenters. The summed E-state index contributed by atoms with van der Waals surface area (Å²) in [5.41, 5.74) is 2.41. The van der Waals surface area contributed by atoms with Crippen LogP contribution >= 0.6 is 0 Å². The standard InChI is InChI=1S/C15H15N3O2/c19-15(20)12-9-17-14(10-16-12)18-8-4-3-6-11-5-1-2-7-13(11)18/h1-2,5,7,9-10H,3-4,6,8H2,(H,19,20). The van der Waals surface area contributed by atoms with Crippen molar-refractivity contribution < 1.29 is 9.90 Å². The van der Waals surface area contributed by atoms with E-state index < -0.39 is 5.97 Å². The first-order valence-electron chi connectivity index (χ1n) is 6.66. The van der Waals surface area contributed by atoms with Crippen LogP contribution in [0.1, 0.15) is 28.9 Å². The summed E-state index contributed by atoms with van der Waals surface area (Å²) in [6.07, 6.45) is 6.13. The smallest absolute Gasteiger partial charge is 0.356 e. The van der Waals surface area contributed by atoms with Gasteiger partial charge in [-0.3, -0.25) is 0 Å². The molecule has 0 saturated carbocycles. The third-order valence-corrected chi connectivity index (χ3v) is 3.49. The molecule has 2 heterocycles. The molecule has 1 aliphatic rings. The highest BCUT2D eigenvalue weighted by atomic mass is 16.4. The molecule has 2 aromatic rings. The highest BCUT2D eigenvalue weighted by Gasteiger charge is 2.18. The Balaban J connectivity index is 1.98. The van der Waals surface area contributed by atoms with Gasteiger partial charge in [-0.05, 0) is 30.9 Å². The van der Waals surface area contributed by atoms with Crippen LogP contribution in [-0.4, -0.2) is 27.6 Å². The summed E-state index contributed by atoms with van der Waals surface area (Å²) in [4.78, 5) is 21.1. The first-order valence-corrected chi connectivity index (χ1v) is 6.66. The number of rotatable bonds is 2. The number of hydrogen-bond acceptors (Lipinski definition) is 4. The van der Waals surface area contributed by atoms with Gasteiger partial charge in [-0.15, -0.1) is 0 Å². The molecule has 5 nitrogen and oxygen atoms in total. The van der Waals surface area contributed by atoms with Gasteiger partial charge in [-0.2, -0.15) is 0 Å². The van der Waals surface area contributed by atoms with Crippen LogP contribution in [0.4, 0.5) is 11.5 Å². The minimum Gasteiger partial charge on any atom is -0.476 e. The molecule has 1 N–H and O–H groups in total. The van der Waals surface area contributed by atoms with Gasteiger partial charge in [0.15, 0.2) is 11.5 Å². The maximum atomic E-state index is 10.8. The third kappa shape index (κ3) is 2.34. The second kappa shape index (κ2) is 5.28. The maximum absolute atomic E-state index is 10.8. The lowest BCUT2D eigenvalue weighted by atomic mass is 10.1. The molecular weight excluding hydrogens is 254 g/mol. The SMILES string of the molecule is O=C(O)c1cnc(N2CCCCc3ccccc32)cn1. The van der Waals surface area contributed by atoms with Gasteiger partial charge in [0.1, 0.15) is 0 Å². The van der Waals surface area contributed by atoms with Crippen molar-refractivity contribution >= 4 is 17.5 Å². The molecule has 0 radical (unpaired) electrons. The van der Waals surface area contributed by atoms with Crippen LogP contribution in [0.15, 0.2) is 36.7 Å². The normalized spacial score (nSPS) is 14.5. The first-order chi connectivity index (χ1) is 9.75. The Kier molecular flexibility index (Phi) is 3.33. The van der Waals surface area contributed by atoms with Crippen molar-refractivity contribution in [2.45, 2.75) is 19.3 Å². The highest BCUT2D eigenvalue weighted by Crippen LogP contribution is 2.30. The number of carbonyl (C=O) groups is 1. The zero-order valence-corrected chi connectivity index (χ0v) is 11.0. The van der Waals surface area contributed by atoms with Crippen molar-refractivity contribution in [3.63, 3.8) is 0 Å². The van der Waals surface area contributed by atoms with Crippen LogP contribution < -0.4 is 4.90 Å². The van der Waals surface area contributed by atoms with E-state index in [1.807, 2.05) is 12.1 Å². The minimum absolute atomic E-state index is 0.0307. The average molecular weight is 269 g/mol. The molecule has 0 saturated heterocycles. The van der Waals surface area contributed by atoms with E-state index in [1.54, 1.807) is 0 Å². The number of para-hydroxylation sites is 1. The van der Waals surface area contributed by atoms with Gasteiger partial charge >= 0.3 is 5.97 Å². The lowest BCUT2D eigenvalue weighted by Crippen LogP contribution is -2.19. The molecule has 0 amide bonds. The van der Waals surface area contributed by atoms with Gasteiger partial charge in [0.25, 0.3) is 0 Å². The number of anilines is 2. The van der Waals surface area contributed by atoms with Crippen LogP contribution in [-0.2, 0) is 6.42 Å². The molecule has 20 heavy (non-hydrogen) atoms. The fourth-order valence-corrected chi connectivity index (χ4v) is 2.50. The number of carboxylic acid groups (broad SMARTS) is 1. The lowest BCUT2D eigenvalue weighted by molar-refractivity contribution is 0.0690. The van der Waals surface area contributed by atoms with E-state index >= 15 is 0 Å². The zero-order valence-electron chi connectivity index (χ0n) is 11.0. The summed E-state index contributed by atoms with van der Waals surface area (Å²) in [5.74, 6) is -0.357. The van der Waals surface area contributed by atoms with E-state index in [1.165, 1.54) is 18.0 Å². The number of carboxylic acids is 1. The highest BCUT2D eigenvalue weighted by molar-refractivity contribution is 5.85. The number of aryl methyl sites for hydroxylation is 1. The largest absolute Gasteiger partial charge is 0.476 e. The van der Waals surface area contributed by atoms with Crippen molar-refractivity contribution in [2.24, 2.45) is 0 Å². The predicted octanol–water partition coefficient (Wildman–Crippen LogP) is 2.65. The molecule has 0 aliphatic carbocycles. The van der Waals surface area contributed by atoms with E-state index in [0.29, 0.717) is 5.82 Å². The van der Waals surface area contributed by atoms with E-state index in [0.717, 1.165) is 31.5 Å². The Morgan fingerprint density at radius 1 is 1.15 bits per heavy atom. The summed E-state index contributed by atoms with van der Waals surface area (Å²) in [6.45, 7) is 0.873. The summed E-state index contributed by atoms with van der Waals surface area (Å²) >= 11 is 0. The fourth-order valence-electron chi connectivity index (χ4n) is 2.50. The molecule has 3 rings (SSSR count). The number of aromatic nitrogens is 2. The van der Waals surface area contributed by atoms with E-state index in [4.69, 9.17) is 5.11 Å².